The second kappa shape index (κ2) is 6.59. The van der Waals surface area contributed by atoms with Crippen LogP contribution in [0, 0.1) is 17.1 Å². The van der Waals surface area contributed by atoms with Gasteiger partial charge in [0.15, 0.2) is 6.10 Å². The third-order valence-corrected chi connectivity index (χ3v) is 2.59. The van der Waals surface area contributed by atoms with Crippen LogP contribution < -0.4 is 0 Å². The zero-order valence-electron chi connectivity index (χ0n) is 8.49. The van der Waals surface area contributed by atoms with Gasteiger partial charge in [-0.05, 0) is 40.0 Å². The summed E-state index contributed by atoms with van der Waals surface area (Å²) in [4.78, 5) is 0. The second-order valence-corrected chi connectivity index (χ2v) is 3.98. The molecular weight excluding hydrogens is 277 g/mol. The molecule has 0 spiro atoms. The van der Waals surface area contributed by atoms with E-state index in [0.717, 1.165) is 0 Å². The molecule has 0 aliphatic carbocycles. The van der Waals surface area contributed by atoms with Gasteiger partial charge in [-0.1, -0.05) is 6.07 Å². The van der Waals surface area contributed by atoms with E-state index in [2.05, 4.69) is 15.9 Å². The molecule has 0 bridgehead atoms. The summed E-state index contributed by atoms with van der Waals surface area (Å²) in [5.74, 6) is -0.427. The monoisotopic (exact) mass is 287 g/mol. The van der Waals surface area contributed by atoms with E-state index in [1.54, 1.807) is 6.07 Å². The molecule has 1 aromatic rings. The molecule has 0 aromatic heterocycles. The lowest BCUT2D eigenvalue weighted by Crippen LogP contribution is -2.05. The van der Waals surface area contributed by atoms with Gasteiger partial charge in [0.1, 0.15) is 5.82 Å². The van der Waals surface area contributed by atoms with Crippen molar-refractivity contribution < 1.29 is 14.2 Å². The maximum atomic E-state index is 13.2. The molecule has 5 heteroatoms. The van der Waals surface area contributed by atoms with E-state index in [4.69, 9.17) is 15.1 Å². The van der Waals surface area contributed by atoms with Crippen molar-refractivity contribution in [2.75, 3.05) is 13.2 Å². The lowest BCUT2D eigenvalue weighted by atomic mass is 10.1. The smallest absolute Gasteiger partial charge is 0.169 e. The van der Waals surface area contributed by atoms with Gasteiger partial charge in [0, 0.05) is 6.61 Å². The van der Waals surface area contributed by atoms with Crippen molar-refractivity contribution in [2.24, 2.45) is 0 Å². The minimum atomic E-state index is -0.797. The lowest BCUT2D eigenvalue weighted by molar-refractivity contribution is 0.0772. The van der Waals surface area contributed by atoms with Crippen molar-refractivity contribution in [3.05, 3.63) is 34.1 Å². The number of aliphatic hydroxyl groups excluding tert-OH is 1. The number of benzene rings is 1. The zero-order chi connectivity index (χ0) is 12.0. The first-order valence-corrected chi connectivity index (χ1v) is 5.55. The van der Waals surface area contributed by atoms with Crippen molar-refractivity contribution in [1.82, 2.24) is 0 Å². The lowest BCUT2D eigenvalue weighted by Gasteiger charge is -2.10. The summed E-state index contributed by atoms with van der Waals surface area (Å²) in [7, 11) is 0. The quantitative estimate of drug-likeness (QED) is 0.847. The van der Waals surface area contributed by atoms with E-state index in [-0.39, 0.29) is 13.2 Å². The van der Waals surface area contributed by atoms with Gasteiger partial charge in [0.05, 0.1) is 17.1 Å². The number of aliphatic hydroxyl groups is 1. The number of hydrogen-bond donors (Lipinski definition) is 1. The van der Waals surface area contributed by atoms with Gasteiger partial charge in [0.25, 0.3) is 0 Å². The number of nitrogens with zero attached hydrogens (tertiary/aromatic N) is 1. The first-order valence-electron chi connectivity index (χ1n) is 4.76. The van der Waals surface area contributed by atoms with Crippen LogP contribution in [0.5, 0.6) is 0 Å². The van der Waals surface area contributed by atoms with Crippen molar-refractivity contribution in [3.8, 4) is 6.07 Å². The largest absolute Gasteiger partial charge is 0.396 e. The number of ether oxygens (including phenoxy) is 1. The van der Waals surface area contributed by atoms with Gasteiger partial charge in [-0.25, -0.2) is 4.39 Å². The molecule has 0 fully saturated rings. The van der Waals surface area contributed by atoms with E-state index >= 15 is 0 Å². The Kier molecular flexibility index (Phi) is 5.39. The standard InChI is InChI=1S/C11H11BrFNO2/c12-9-3-2-8(6-10(9)13)11(7-14)16-5-1-4-15/h2-3,6,11,15H,1,4-5H2. The summed E-state index contributed by atoms with van der Waals surface area (Å²) < 4.78 is 18.8. The average molecular weight is 288 g/mol. The van der Waals surface area contributed by atoms with Gasteiger partial charge in [0.2, 0.25) is 0 Å². The third kappa shape index (κ3) is 3.56. The van der Waals surface area contributed by atoms with Gasteiger partial charge in [-0.2, -0.15) is 5.26 Å². The fraction of sp³-hybridized carbons (Fsp3) is 0.364. The Morgan fingerprint density at radius 1 is 1.56 bits per heavy atom. The molecular formula is C11H11BrFNO2. The summed E-state index contributed by atoms with van der Waals surface area (Å²) in [6.45, 7) is 0.277. The maximum absolute atomic E-state index is 13.2. The third-order valence-electron chi connectivity index (χ3n) is 1.95. The number of nitriles is 1. The highest BCUT2D eigenvalue weighted by Gasteiger charge is 2.12. The number of rotatable bonds is 5. The molecule has 3 nitrogen and oxygen atoms in total. The molecule has 0 saturated heterocycles. The molecule has 0 saturated carbocycles. The molecule has 0 amide bonds. The Hall–Kier alpha value is -0.960. The molecule has 1 atom stereocenters. The minimum absolute atomic E-state index is 0.00679. The van der Waals surface area contributed by atoms with E-state index in [0.29, 0.717) is 16.5 Å². The van der Waals surface area contributed by atoms with Crippen molar-refractivity contribution in [3.63, 3.8) is 0 Å². The van der Waals surface area contributed by atoms with Crippen LogP contribution in [0.15, 0.2) is 22.7 Å². The molecule has 0 aliphatic rings. The van der Waals surface area contributed by atoms with Crippen molar-refractivity contribution in [2.45, 2.75) is 12.5 Å². The van der Waals surface area contributed by atoms with E-state index < -0.39 is 11.9 Å². The zero-order valence-corrected chi connectivity index (χ0v) is 10.1. The highest BCUT2D eigenvalue weighted by molar-refractivity contribution is 9.10. The fourth-order valence-corrected chi connectivity index (χ4v) is 1.40. The van der Waals surface area contributed by atoms with E-state index in [1.807, 2.05) is 6.07 Å². The summed E-state index contributed by atoms with van der Waals surface area (Å²) in [6, 6.07) is 6.36. The van der Waals surface area contributed by atoms with Crippen LogP contribution in [0.3, 0.4) is 0 Å². The topological polar surface area (TPSA) is 53.2 Å². The predicted molar refractivity (Wildman–Crippen MR) is 60.1 cm³/mol. The SMILES string of the molecule is N#CC(OCCCO)c1ccc(Br)c(F)c1. The van der Waals surface area contributed by atoms with Crippen LogP contribution in [0.2, 0.25) is 0 Å². The molecule has 1 rings (SSSR count). The molecule has 1 unspecified atom stereocenters. The van der Waals surface area contributed by atoms with Crippen LogP contribution in [0.1, 0.15) is 18.1 Å². The van der Waals surface area contributed by atoms with Crippen molar-refractivity contribution in [1.29, 1.82) is 5.26 Å². The first-order chi connectivity index (χ1) is 7.69. The Morgan fingerprint density at radius 2 is 2.31 bits per heavy atom. The molecule has 16 heavy (non-hydrogen) atoms. The summed E-state index contributed by atoms with van der Waals surface area (Å²) in [5, 5.41) is 17.4. The number of halogens is 2. The maximum Gasteiger partial charge on any atom is 0.169 e. The Labute approximate surface area is 102 Å². The van der Waals surface area contributed by atoms with Crippen LogP contribution in [-0.4, -0.2) is 18.3 Å². The van der Waals surface area contributed by atoms with Crippen molar-refractivity contribution >= 4 is 15.9 Å². The average Bonchev–Trinajstić information content (AvgIpc) is 2.29. The molecule has 1 N–H and O–H groups in total. The molecule has 0 radical (unpaired) electrons. The first kappa shape index (κ1) is 13.1. The molecule has 0 heterocycles. The highest BCUT2D eigenvalue weighted by atomic mass is 79.9. The van der Waals surface area contributed by atoms with Gasteiger partial charge in [-0.3, -0.25) is 0 Å². The minimum Gasteiger partial charge on any atom is -0.396 e. The molecule has 86 valence electrons. The summed E-state index contributed by atoms with van der Waals surface area (Å²) >= 11 is 3.03. The van der Waals surface area contributed by atoms with E-state index in [1.165, 1.54) is 12.1 Å². The molecule has 0 aliphatic heterocycles. The van der Waals surface area contributed by atoms with Gasteiger partial charge < -0.3 is 9.84 Å². The Balaban J connectivity index is 2.72. The Bertz CT molecular complexity index is 392. The highest BCUT2D eigenvalue weighted by Crippen LogP contribution is 2.22. The number of hydrogen-bond acceptors (Lipinski definition) is 3. The second-order valence-electron chi connectivity index (χ2n) is 3.13. The fourth-order valence-electron chi connectivity index (χ4n) is 1.15. The van der Waals surface area contributed by atoms with Crippen LogP contribution in [-0.2, 0) is 4.74 Å². The van der Waals surface area contributed by atoms with E-state index in [9.17, 15) is 4.39 Å². The van der Waals surface area contributed by atoms with Gasteiger partial charge in [-0.15, -0.1) is 0 Å². The van der Waals surface area contributed by atoms with Gasteiger partial charge >= 0.3 is 0 Å². The predicted octanol–water partition coefficient (Wildman–Crippen LogP) is 2.55. The Morgan fingerprint density at radius 3 is 2.88 bits per heavy atom. The van der Waals surface area contributed by atoms with Crippen LogP contribution in [0.4, 0.5) is 4.39 Å². The summed E-state index contributed by atoms with van der Waals surface area (Å²) in [5.41, 5.74) is 0.473. The van der Waals surface area contributed by atoms with Crippen LogP contribution >= 0.6 is 15.9 Å². The van der Waals surface area contributed by atoms with Crippen LogP contribution in [0.25, 0.3) is 0 Å². The summed E-state index contributed by atoms with van der Waals surface area (Å²) in [6.07, 6.45) is -0.342. The normalized spacial score (nSPS) is 12.1. The molecule has 1 aromatic carbocycles.